The third-order valence-corrected chi connectivity index (χ3v) is 8.10. The lowest BCUT2D eigenvalue weighted by Gasteiger charge is -2.37. The minimum absolute atomic E-state index is 0.0357. The van der Waals surface area contributed by atoms with E-state index in [0.717, 1.165) is 50.9 Å². The van der Waals surface area contributed by atoms with Gasteiger partial charge < -0.3 is 9.84 Å². The van der Waals surface area contributed by atoms with Gasteiger partial charge in [-0.1, -0.05) is 73.6 Å². The maximum atomic E-state index is 13.3. The van der Waals surface area contributed by atoms with Gasteiger partial charge in [-0.05, 0) is 74.0 Å². The highest BCUT2D eigenvalue weighted by Crippen LogP contribution is 2.39. The van der Waals surface area contributed by atoms with Crippen LogP contribution in [-0.4, -0.2) is 23.1 Å². The van der Waals surface area contributed by atoms with E-state index in [0.29, 0.717) is 23.7 Å². The number of carbonyl (C=O) groups is 2. The second-order valence-electron chi connectivity index (χ2n) is 12.4. The van der Waals surface area contributed by atoms with Crippen LogP contribution >= 0.6 is 0 Å². The predicted molar refractivity (Wildman–Crippen MR) is 130 cm³/mol. The van der Waals surface area contributed by atoms with Crippen molar-refractivity contribution >= 4 is 11.9 Å². The Kier molecular flexibility index (Phi) is 10.5. The molecule has 0 spiro atoms. The molecule has 0 amide bonds. The van der Waals surface area contributed by atoms with E-state index >= 15 is 0 Å². The van der Waals surface area contributed by atoms with Crippen LogP contribution in [0.4, 0.5) is 0 Å². The Hall–Kier alpha value is -1.06. The first-order valence-corrected chi connectivity index (χ1v) is 13.4. The van der Waals surface area contributed by atoms with Crippen molar-refractivity contribution in [2.75, 3.05) is 0 Å². The summed E-state index contributed by atoms with van der Waals surface area (Å²) in [6.07, 6.45) is 12.8. The lowest BCUT2D eigenvalue weighted by Crippen LogP contribution is -2.41. The summed E-state index contributed by atoms with van der Waals surface area (Å²) in [5.41, 5.74) is 0.302. The molecule has 0 heterocycles. The first kappa shape index (κ1) is 27.2. The van der Waals surface area contributed by atoms with E-state index in [4.69, 9.17) is 4.74 Å². The number of carbonyl (C=O) groups excluding carboxylic acids is 1. The van der Waals surface area contributed by atoms with E-state index in [1.54, 1.807) is 0 Å². The molecule has 0 aromatic rings. The highest BCUT2D eigenvalue weighted by atomic mass is 16.5. The maximum absolute atomic E-state index is 13.3. The monoisotopic (exact) mass is 450 g/mol. The molecule has 2 rings (SSSR count). The Bertz CT molecular complexity index is 585. The van der Waals surface area contributed by atoms with Crippen molar-refractivity contribution in [2.45, 2.75) is 125 Å². The Labute approximate surface area is 197 Å². The molecular formula is C28H50O4. The number of esters is 1. The number of aliphatic carboxylic acids is 1. The molecule has 2 aliphatic carbocycles. The third kappa shape index (κ3) is 8.37. The van der Waals surface area contributed by atoms with Crippen LogP contribution in [-0.2, 0) is 14.3 Å². The third-order valence-electron chi connectivity index (χ3n) is 8.10. The number of ether oxygens (including phenoxy) is 1. The Morgan fingerprint density at radius 1 is 1.03 bits per heavy atom. The second kappa shape index (κ2) is 12.4. The fraction of sp³-hybridized carbons (Fsp3) is 0.929. The topological polar surface area (TPSA) is 63.6 Å². The number of rotatable bonds is 10. The molecule has 2 aliphatic rings. The van der Waals surface area contributed by atoms with Crippen LogP contribution in [0.1, 0.15) is 119 Å². The Morgan fingerprint density at radius 3 is 2.25 bits per heavy atom. The Balaban J connectivity index is 2.06. The van der Waals surface area contributed by atoms with Gasteiger partial charge in [0.2, 0.25) is 0 Å². The molecule has 0 aromatic heterocycles. The average Bonchev–Trinajstić information content (AvgIpc) is 2.70. The highest BCUT2D eigenvalue weighted by molar-refractivity contribution is 5.81. The number of hydrogen-bond acceptors (Lipinski definition) is 3. The molecule has 4 heteroatoms. The van der Waals surface area contributed by atoms with Gasteiger partial charge in [-0.2, -0.15) is 0 Å². The molecule has 0 aliphatic heterocycles. The van der Waals surface area contributed by atoms with Crippen molar-refractivity contribution in [3.05, 3.63) is 0 Å². The molecule has 0 radical (unpaired) electrons. The molecule has 0 saturated heterocycles. The molecule has 5 unspecified atom stereocenters. The van der Waals surface area contributed by atoms with E-state index in [2.05, 4.69) is 34.6 Å². The summed E-state index contributed by atoms with van der Waals surface area (Å²) in [6.45, 7) is 13.4. The van der Waals surface area contributed by atoms with E-state index in [1.165, 1.54) is 25.7 Å². The van der Waals surface area contributed by atoms with Crippen molar-refractivity contribution in [2.24, 2.45) is 40.9 Å². The van der Waals surface area contributed by atoms with Crippen molar-refractivity contribution in [3.63, 3.8) is 0 Å². The molecule has 2 fully saturated rings. The van der Waals surface area contributed by atoms with Gasteiger partial charge in [-0.25, -0.2) is 0 Å². The summed E-state index contributed by atoms with van der Waals surface area (Å²) < 4.78 is 6.23. The van der Waals surface area contributed by atoms with E-state index in [9.17, 15) is 14.7 Å². The van der Waals surface area contributed by atoms with Crippen molar-refractivity contribution in [3.8, 4) is 0 Å². The smallest absolute Gasteiger partial charge is 0.310 e. The quantitative estimate of drug-likeness (QED) is 0.350. The molecule has 32 heavy (non-hydrogen) atoms. The lowest BCUT2D eigenvalue weighted by molar-refractivity contribution is -0.169. The van der Waals surface area contributed by atoms with Gasteiger partial charge >= 0.3 is 11.9 Å². The van der Waals surface area contributed by atoms with Crippen LogP contribution in [0.3, 0.4) is 0 Å². The zero-order valence-electron chi connectivity index (χ0n) is 21.7. The minimum Gasteiger partial charge on any atom is -0.481 e. The van der Waals surface area contributed by atoms with Crippen molar-refractivity contribution in [1.29, 1.82) is 0 Å². The second-order valence-corrected chi connectivity index (χ2v) is 12.4. The normalized spacial score (nSPS) is 31.0. The van der Waals surface area contributed by atoms with Gasteiger partial charge in [0, 0.05) is 0 Å². The van der Waals surface area contributed by atoms with E-state index < -0.39 is 17.8 Å². The predicted octanol–water partition coefficient (Wildman–Crippen LogP) is 7.49. The summed E-state index contributed by atoms with van der Waals surface area (Å²) in [5.74, 6) is -0.286. The first-order valence-electron chi connectivity index (χ1n) is 13.4. The van der Waals surface area contributed by atoms with E-state index in [-0.39, 0.29) is 18.0 Å². The molecule has 0 bridgehead atoms. The van der Waals surface area contributed by atoms with Crippen LogP contribution in [0, 0.1) is 40.9 Å². The lowest BCUT2D eigenvalue weighted by atomic mass is 9.72. The van der Waals surface area contributed by atoms with E-state index in [1.807, 2.05) is 6.92 Å². The van der Waals surface area contributed by atoms with Crippen LogP contribution in [0.2, 0.25) is 0 Å². The van der Waals surface area contributed by atoms with Gasteiger partial charge in [-0.3, -0.25) is 9.59 Å². The standard InChI is InChI=1S/C28H50O4/c1-7-9-21-13-15-22(16-14-21)24(17-12-19(2)18-28(4,5)6)32-27(31)23-11-8-10-20(3)25(23)26(29)30/h19-25H,7-18H2,1-6H3,(H,29,30). The summed E-state index contributed by atoms with van der Waals surface area (Å²) in [5, 5.41) is 9.77. The molecule has 4 nitrogen and oxygen atoms in total. The van der Waals surface area contributed by atoms with Crippen molar-refractivity contribution in [1.82, 2.24) is 0 Å². The molecule has 0 aromatic carbocycles. The molecule has 5 atom stereocenters. The van der Waals surface area contributed by atoms with Gasteiger partial charge in [0.25, 0.3) is 0 Å². The van der Waals surface area contributed by atoms with Gasteiger partial charge in [0.05, 0.1) is 11.8 Å². The average molecular weight is 451 g/mol. The van der Waals surface area contributed by atoms with Gasteiger partial charge in [-0.15, -0.1) is 0 Å². The highest BCUT2D eigenvalue weighted by Gasteiger charge is 2.42. The van der Waals surface area contributed by atoms with Crippen LogP contribution in [0.15, 0.2) is 0 Å². The summed E-state index contributed by atoms with van der Waals surface area (Å²) >= 11 is 0. The van der Waals surface area contributed by atoms with Crippen molar-refractivity contribution < 1.29 is 19.4 Å². The number of hydrogen-bond donors (Lipinski definition) is 1. The zero-order chi connectivity index (χ0) is 23.9. The number of carboxylic acid groups (broad SMARTS) is 1. The van der Waals surface area contributed by atoms with Gasteiger partial charge in [0.15, 0.2) is 0 Å². The number of carboxylic acids is 1. The fourth-order valence-corrected chi connectivity index (χ4v) is 6.58. The van der Waals surface area contributed by atoms with Crippen LogP contribution in [0.5, 0.6) is 0 Å². The zero-order valence-corrected chi connectivity index (χ0v) is 21.7. The summed E-state index contributed by atoms with van der Waals surface area (Å²) in [4.78, 5) is 25.2. The van der Waals surface area contributed by atoms with Crippen LogP contribution in [0.25, 0.3) is 0 Å². The maximum Gasteiger partial charge on any atom is 0.310 e. The molecular weight excluding hydrogens is 400 g/mol. The largest absolute Gasteiger partial charge is 0.481 e. The fourth-order valence-electron chi connectivity index (χ4n) is 6.58. The minimum atomic E-state index is -0.838. The first-order chi connectivity index (χ1) is 15.0. The SMILES string of the molecule is CCCC1CCC(C(CCC(C)CC(C)(C)C)OC(=O)C2CCCC(C)C2C(=O)O)CC1. The summed E-state index contributed by atoms with van der Waals surface area (Å²) in [6, 6.07) is 0. The molecule has 2 saturated carbocycles. The molecule has 1 N–H and O–H groups in total. The Morgan fingerprint density at radius 2 is 1.69 bits per heavy atom. The van der Waals surface area contributed by atoms with Crippen LogP contribution < -0.4 is 0 Å². The van der Waals surface area contributed by atoms with Gasteiger partial charge in [0.1, 0.15) is 6.10 Å². The molecule has 186 valence electrons. The summed E-state index contributed by atoms with van der Waals surface area (Å²) in [7, 11) is 0.